The van der Waals surface area contributed by atoms with E-state index in [0.717, 1.165) is 46.9 Å². The normalized spacial score (nSPS) is 24.8. The second-order valence-electron chi connectivity index (χ2n) is 8.88. The molecule has 3 aromatic heterocycles. The lowest BCUT2D eigenvalue weighted by atomic mass is 9.49. The van der Waals surface area contributed by atoms with Crippen LogP contribution in [0.3, 0.4) is 0 Å². The van der Waals surface area contributed by atoms with Gasteiger partial charge in [0.05, 0.1) is 17.3 Å². The number of H-pyrrole nitrogens is 1. The molecule has 0 bridgehead atoms. The Kier molecular flexibility index (Phi) is 4.08. The van der Waals surface area contributed by atoms with Crippen molar-refractivity contribution in [1.82, 2.24) is 24.9 Å². The second-order valence-corrected chi connectivity index (χ2v) is 9.80. The molecule has 156 valence electrons. The van der Waals surface area contributed by atoms with Crippen LogP contribution in [0.2, 0.25) is 0 Å². The molecule has 1 amide bonds. The van der Waals surface area contributed by atoms with Crippen LogP contribution >= 0.6 is 15.9 Å². The number of nitrogens with zero attached hydrogens (tertiary/aromatic N) is 3. The number of aromatic amines is 1. The van der Waals surface area contributed by atoms with Crippen LogP contribution in [0.15, 0.2) is 58.1 Å². The molecular weight excluding hydrogens is 458 g/mol. The SMILES string of the molecule is O=C(NC1CC2(C1)CC(c1n[nH]c(=O)c3ccccc13)C2)c1cnc2cc(Br)ccn12. The molecule has 31 heavy (non-hydrogen) atoms. The molecule has 2 aliphatic rings. The quantitative estimate of drug-likeness (QED) is 0.469. The highest BCUT2D eigenvalue weighted by Gasteiger charge is 2.54. The predicted molar refractivity (Wildman–Crippen MR) is 120 cm³/mol. The van der Waals surface area contributed by atoms with Gasteiger partial charge in [0, 0.05) is 28.0 Å². The fourth-order valence-electron chi connectivity index (χ4n) is 5.43. The van der Waals surface area contributed by atoms with Crippen molar-refractivity contribution in [2.45, 2.75) is 37.6 Å². The molecule has 4 aromatic rings. The Hall–Kier alpha value is -3.00. The molecule has 2 fully saturated rings. The highest BCUT2D eigenvalue weighted by atomic mass is 79.9. The lowest BCUT2D eigenvalue weighted by Crippen LogP contribution is -2.55. The number of carbonyl (C=O) groups excluding carboxylic acids is 1. The summed E-state index contributed by atoms with van der Waals surface area (Å²) >= 11 is 3.43. The Balaban J connectivity index is 1.12. The molecule has 6 rings (SSSR count). The molecule has 1 spiro atoms. The summed E-state index contributed by atoms with van der Waals surface area (Å²) in [5.41, 5.74) is 2.43. The van der Waals surface area contributed by atoms with Crippen molar-refractivity contribution in [2.75, 3.05) is 0 Å². The van der Waals surface area contributed by atoms with Gasteiger partial charge in [-0.25, -0.2) is 10.1 Å². The van der Waals surface area contributed by atoms with Crippen molar-refractivity contribution >= 4 is 38.3 Å². The molecule has 2 aliphatic carbocycles. The number of hydrogen-bond donors (Lipinski definition) is 2. The van der Waals surface area contributed by atoms with Crippen LogP contribution in [0.5, 0.6) is 0 Å². The van der Waals surface area contributed by atoms with Gasteiger partial charge in [-0.2, -0.15) is 5.10 Å². The molecule has 2 N–H and O–H groups in total. The Morgan fingerprint density at radius 1 is 1.16 bits per heavy atom. The van der Waals surface area contributed by atoms with Crippen LogP contribution < -0.4 is 10.9 Å². The number of imidazole rings is 1. The minimum atomic E-state index is -0.139. The fourth-order valence-corrected chi connectivity index (χ4v) is 5.75. The minimum Gasteiger partial charge on any atom is -0.348 e. The number of carbonyl (C=O) groups is 1. The number of aromatic nitrogens is 4. The highest BCUT2D eigenvalue weighted by Crippen LogP contribution is 2.62. The number of amides is 1. The van der Waals surface area contributed by atoms with Gasteiger partial charge in [-0.1, -0.05) is 34.1 Å². The van der Waals surface area contributed by atoms with E-state index >= 15 is 0 Å². The van der Waals surface area contributed by atoms with Crippen molar-refractivity contribution in [1.29, 1.82) is 0 Å². The third-order valence-corrected chi connectivity index (χ3v) is 7.37. The molecule has 7 nitrogen and oxygen atoms in total. The summed E-state index contributed by atoms with van der Waals surface area (Å²) in [6.07, 6.45) is 7.54. The van der Waals surface area contributed by atoms with Crippen molar-refractivity contribution in [3.05, 3.63) is 75.0 Å². The van der Waals surface area contributed by atoms with Gasteiger partial charge in [-0.05, 0) is 49.3 Å². The number of halogens is 1. The maximum atomic E-state index is 12.8. The molecule has 3 heterocycles. The smallest absolute Gasteiger partial charge is 0.272 e. The Bertz CT molecular complexity index is 1390. The molecule has 0 saturated heterocycles. The summed E-state index contributed by atoms with van der Waals surface area (Å²) in [5, 5.41) is 11.8. The first-order valence-corrected chi connectivity index (χ1v) is 11.2. The van der Waals surface area contributed by atoms with E-state index in [1.807, 2.05) is 42.6 Å². The van der Waals surface area contributed by atoms with Crippen molar-refractivity contribution < 1.29 is 4.79 Å². The zero-order chi connectivity index (χ0) is 21.2. The third-order valence-electron chi connectivity index (χ3n) is 6.87. The molecule has 8 heteroatoms. The number of hydrogen-bond acceptors (Lipinski definition) is 4. The third kappa shape index (κ3) is 3.00. The van der Waals surface area contributed by atoms with Gasteiger partial charge in [0.2, 0.25) is 0 Å². The maximum Gasteiger partial charge on any atom is 0.272 e. The lowest BCUT2D eigenvalue weighted by Gasteiger charge is -2.57. The second kappa shape index (κ2) is 6.75. The van der Waals surface area contributed by atoms with Crippen LogP contribution in [-0.4, -0.2) is 31.5 Å². The Morgan fingerprint density at radius 3 is 2.74 bits per heavy atom. The zero-order valence-corrected chi connectivity index (χ0v) is 18.2. The van der Waals surface area contributed by atoms with Gasteiger partial charge in [0.15, 0.2) is 0 Å². The lowest BCUT2D eigenvalue weighted by molar-refractivity contribution is -0.0197. The van der Waals surface area contributed by atoms with E-state index in [0.29, 0.717) is 17.0 Å². The maximum absolute atomic E-state index is 12.8. The molecule has 0 unspecified atom stereocenters. The van der Waals surface area contributed by atoms with Gasteiger partial charge in [-0.3, -0.25) is 14.0 Å². The standard InChI is InChI=1S/C23H20BrN5O2/c24-14-5-6-29-18(12-25-19(29)7-14)22(31)26-15-10-23(11-15)8-13(9-23)20-16-3-1-2-4-17(16)21(30)28-27-20/h1-7,12-13,15H,8-11H2,(H,26,31)(H,28,30). The van der Waals surface area contributed by atoms with Crippen LogP contribution in [-0.2, 0) is 0 Å². The number of rotatable bonds is 3. The van der Waals surface area contributed by atoms with Crippen molar-refractivity contribution in [2.24, 2.45) is 5.41 Å². The topological polar surface area (TPSA) is 92.1 Å². The number of nitrogens with one attached hydrogen (secondary N) is 2. The summed E-state index contributed by atoms with van der Waals surface area (Å²) in [6.45, 7) is 0. The van der Waals surface area contributed by atoms with Gasteiger partial charge in [0.1, 0.15) is 11.3 Å². The monoisotopic (exact) mass is 477 g/mol. The number of fused-ring (bicyclic) bond motifs is 2. The molecule has 0 radical (unpaired) electrons. The van der Waals surface area contributed by atoms with Crippen molar-refractivity contribution in [3.8, 4) is 0 Å². The first-order chi connectivity index (χ1) is 15.0. The average Bonchev–Trinajstić information content (AvgIpc) is 3.13. The summed E-state index contributed by atoms with van der Waals surface area (Å²) < 4.78 is 2.74. The average molecular weight is 478 g/mol. The van der Waals surface area contributed by atoms with E-state index in [1.54, 1.807) is 10.6 Å². The van der Waals surface area contributed by atoms with E-state index in [-0.39, 0.29) is 22.9 Å². The fraction of sp³-hybridized carbons (Fsp3) is 0.304. The zero-order valence-electron chi connectivity index (χ0n) is 16.6. The number of pyridine rings is 1. The molecule has 0 aliphatic heterocycles. The van der Waals surface area contributed by atoms with Gasteiger partial charge < -0.3 is 5.32 Å². The van der Waals surface area contributed by atoms with E-state index in [9.17, 15) is 9.59 Å². The van der Waals surface area contributed by atoms with Gasteiger partial charge in [-0.15, -0.1) is 0 Å². The molecular formula is C23H20BrN5O2. The number of benzene rings is 1. The van der Waals surface area contributed by atoms with Crippen LogP contribution in [0, 0.1) is 5.41 Å². The minimum absolute atomic E-state index is 0.0844. The van der Waals surface area contributed by atoms with Crippen LogP contribution in [0.1, 0.15) is 47.8 Å². The van der Waals surface area contributed by atoms with Gasteiger partial charge in [0.25, 0.3) is 11.5 Å². The Labute approximate surface area is 186 Å². The first kappa shape index (κ1) is 18.7. The molecule has 2 saturated carbocycles. The van der Waals surface area contributed by atoms with E-state index in [4.69, 9.17) is 0 Å². The van der Waals surface area contributed by atoms with E-state index < -0.39 is 0 Å². The summed E-state index contributed by atoms with van der Waals surface area (Å²) in [4.78, 5) is 29.1. The molecule has 1 aromatic carbocycles. The first-order valence-electron chi connectivity index (χ1n) is 10.4. The highest BCUT2D eigenvalue weighted by molar-refractivity contribution is 9.10. The van der Waals surface area contributed by atoms with Gasteiger partial charge >= 0.3 is 0 Å². The van der Waals surface area contributed by atoms with E-state index in [2.05, 4.69) is 36.4 Å². The molecule has 0 atom stereocenters. The summed E-state index contributed by atoms with van der Waals surface area (Å²) in [5.74, 6) is 0.273. The largest absolute Gasteiger partial charge is 0.348 e. The van der Waals surface area contributed by atoms with Crippen molar-refractivity contribution in [3.63, 3.8) is 0 Å². The summed E-state index contributed by atoms with van der Waals surface area (Å²) in [6, 6.07) is 11.6. The predicted octanol–water partition coefficient (Wildman–Crippen LogP) is 3.79. The van der Waals surface area contributed by atoms with Crippen LogP contribution in [0.25, 0.3) is 16.4 Å². The van der Waals surface area contributed by atoms with Crippen LogP contribution in [0.4, 0.5) is 0 Å². The Morgan fingerprint density at radius 2 is 1.94 bits per heavy atom. The van der Waals surface area contributed by atoms with E-state index in [1.165, 1.54) is 0 Å². The summed E-state index contributed by atoms with van der Waals surface area (Å²) in [7, 11) is 0.